The molecule has 0 spiro atoms. The molecule has 0 saturated heterocycles. The second-order valence-electron chi connectivity index (χ2n) is 4.05. The van der Waals surface area contributed by atoms with Crippen LogP contribution >= 0.6 is 0 Å². The van der Waals surface area contributed by atoms with E-state index in [2.05, 4.69) is 18.0 Å². The van der Waals surface area contributed by atoms with Gasteiger partial charge in [-0.2, -0.15) is 0 Å². The first-order chi connectivity index (χ1) is 7.76. The quantitative estimate of drug-likeness (QED) is 0.771. The summed E-state index contributed by atoms with van der Waals surface area (Å²) in [7, 11) is 0. The fourth-order valence-electron chi connectivity index (χ4n) is 1.71. The van der Waals surface area contributed by atoms with E-state index >= 15 is 0 Å². The molecule has 1 aromatic heterocycles. The van der Waals surface area contributed by atoms with Gasteiger partial charge in [0.25, 0.3) is 0 Å². The van der Waals surface area contributed by atoms with Crippen LogP contribution in [0.3, 0.4) is 0 Å². The number of nitrogens with two attached hydrogens (primary N) is 1. The lowest BCUT2D eigenvalue weighted by Gasteiger charge is -2.10. The van der Waals surface area contributed by atoms with Crippen LogP contribution in [0.2, 0.25) is 0 Å². The van der Waals surface area contributed by atoms with Crippen molar-refractivity contribution in [3.05, 3.63) is 24.0 Å². The van der Waals surface area contributed by atoms with Crippen LogP contribution in [0.4, 0.5) is 0 Å². The van der Waals surface area contributed by atoms with Gasteiger partial charge in [-0.05, 0) is 37.8 Å². The predicted octanol–water partition coefficient (Wildman–Crippen LogP) is 2.54. The van der Waals surface area contributed by atoms with E-state index < -0.39 is 0 Å². The summed E-state index contributed by atoms with van der Waals surface area (Å²) < 4.78 is 5.41. The highest BCUT2D eigenvalue weighted by Crippen LogP contribution is 2.13. The molecular formula is C13H22N2O. The molecule has 0 aliphatic carbocycles. The zero-order valence-electron chi connectivity index (χ0n) is 10.3. The SMILES string of the molecule is CCCC(N)CCc1cncc(OCC)c1. The molecule has 0 amide bonds. The third-order valence-electron chi connectivity index (χ3n) is 2.54. The third kappa shape index (κ3) is 4.62. The third-order valence-corrected chi connectivity index (χ3v) is 2.54. The number of rotatable bonds is 7. The van der Waals surface area contributed by atoms with E-state index in [1.54, 1.807) is 6.20 Å². The molecular weight excluding hydrogens is 200 g/mol. The van der Waals surface area contributed by atoms with Crippen LogP contribution in [0.5, 0.6) is 5.75 Å². The minimum absolute atomic E-state index is 0.306. The number of ether oxygens (including phenoxy) is 1. The Morgan fingerprint density at radius 2 is 2.12 bits per heavy atom. The molecule has 16 heavy (non-hydrogen) atoms. The lowest BCUT2D eigenvalue weighted by Crippen LogP contribution is -2.20. The molecule has 3 nitrogen and oxygen atoms in total. The van der Waals surface area contributed by atoms with Gasteiger partial charge in [-0.25, -0.2) is 0 Å². The van der Waals surface area contributed by atoms with Crippen molar-refractivity contribution >= 4 is 0 Å². The standard InChI is InChI=1S/C13H22N2O/c1-3-5-12(14)7-6-11-8-13(16-4-2)10-15-9-11/h8-10,12H,3-7,14H2,1-2H3. The van der Waals surface area contributed by atoms with E-state index in [0.29, 0.717) is 12.6 Å². The molecule has 0 aliphatic rings. The molecule has 0 saturated carbocycles. The van der Waals surface area contributed by atoms with E-state index in [9.17, 15) is 0 Å². The summed E-state index contributed by atoms with van der Waals surface area (Å²) in [6, 6.07) is 2.36. The van der Waals surface area contributed by atoms with Gasteiger partial charge >= 0.3 is 0 Å². The molecule has 1 aromatic rings. The summed E-state index contributed by atoms with van der Waals surface area (Å²) in [5, 5.41) is 0. The second kappa shape index (κ2) is 7.23. The fraction of sp³-hybridized carbons (Fsp3) is 0.615. The lowest BCUT2D eigenvalue weighted by atomic mass is 10.0. The number of hydrogen-bond donors (Lipinski definition) is 1. The number of pyridine rings is 1. The zero-order valence-corrected chi connectivity index (χ0v) is 10.3. The summed E-state index contributed by atoms with van der Waals surface area (Å²) in [5.74, 6) is 0.851. The van der Waals surface area contributed by atoms with Gasteiger partial charge in [0.2, 0.25) is 0 Å². The van der Waals surface area contributed by atoms with E-state index in [1.807, 2.05) is 13.1 Å². The molecule has 2 N–H and O–H groups in total. The largest absolute Gasteiger partial charge is 0.492 e. The van der Waals surface area contributed by atoms with Crippen LogP contribution in [-0.4, -0.2) is 17.6 Å². The number of hydrogen-bond acceptors (Lipinski definition) is 3. The normalized spacial score (nSPS) is 12.4. The maximum atomic E-state index is 5.98. The Morgan fingerprint density at radius 3 is 2.81 bits per heavy atom. The van der Waals surface area contributed by atoms with Crippen LogP contribution in [0.1, 0.15) is 38.7 Å². The highest BCUT2D eigenvalue weighted by Gasteiger charge is 2.03. The van der Waals surface area contributed by atoms with Crippen LogP contribution in [0.15, 0.2) is 18.5 Å². The molecule has 1 heterocycles. The first kappa shape index (κ1) is 13.0. The monoisotopic (exact) mass is 222 g/mol. The van der Waals surface area contributed by atoms with Gasteiger partial charge < -0.3 is 10.5 Å². The molecule has 0 bridgehead atoms. The van der Waals surface area contributed by atoms with Gasteiger partial charge in [-0.3, -0.25) is 4.98 Å². The van der Waals surface area contributed by atoms with Crippen molar-refractivity contribution in [2.75, 3.05) is 6.61 Å². The van der Waals surface area contributed by atoms with Crippen molar-refractivity contribution in [3.8, 4) is 5.75 Å². The lowest BCUT2D eigenvalue weighted by molar-refractivity contribution is 0.338. The van der Waals surface area contributed by atoms with Crippen LogP contribution in [-0.2, 0) is 6.42 Å². The summed E-state index contributed by atoms with van der Waals surface area (Å²) >= 11 is 0. The Labute approximate surface area is 98.0 Å². The minimum Gasteiger partial charge on any atom is -0.492 e. The molecule has 3 heteroatoms. The van der Waals surface area contributed by atoms with Gasteiger partial charge in [0.1, 0.15) is 5.75 Å². The molecule has 0 radical (unpaired) electrons. The molecule has 0 aromatic carbocycles. The summed E-state index contributed by atoms with van der Waals surface area (Å²) in [5.41, 5.74) is 7.18. The maximum absolute atomic E-state index is 5.98. The highest BCUT2D eigenvalue weighted by atomic mass is 16.5. The zero-order chi connectivity index (χ0) is 11.8. The van der Waals surface area contributed by atoms with E-state index in [-0.39, 0.29) is 0 Å². The van der Waals surface area contributed by atoms with Gasteiger partial charge in [-0.15, -0.1) is 0 Å². The summed E-state index contributed by atoms with van der Waals surface area (Å²) in [6.07, 6.45) is 7.89. The molecule has 90 valence electrons. The van der Waals surface area contributed by atoms with Crippen molar-refractivity contribution in [1.29, 1.82) is 0 Å². The first-order valence-electron chi connectivity index (χ1n) is 6.08. The van der Waals surface area contributed by atoms with Gasteiger partial charge in [0.05, 0.1) is 12.8 Å². The Balaban J connectivity index is 2.44. The van der Waals surface area contributed by atoms with Gasteiger partial charge in [0.15, 0.2) is 0 Å². The summed E-state index contributed by atoms with van der Waals surface area (Å²) in [6.45, 7) is 4.82. The average Bonchev–Trinajstić information content (AvgIpc) is 2.28. The predicted molar refractivity (Wildman–Crippen MR) is 66.6 cm³/mol. The minimum atomic E-state index is 0.306. The average molecular weight is 222 g/mol. The van der Waals surface area contributed by atoms with E-state index in [0.717, 1.165) is 31.4 Å². The molecule has 0 aliphatic heterocycles. The Bertz CT molecular complexity index is 302. The second-order valence-corrected chi connectivity index (χ2v) is 4.05. The van der Waals surface area contributed by atoms with Gasteiger partial charge in [0, 0.05) is 12.2 Å². The molecule has 0 fully saturated rings. The highest BCUT2D eigenvalue weighted by molar-refractivity contribution is 5.23. The molecule has 1 rings (SSSR count). The van der Waals surface area contributed by atoms with Crippen molar-refractivity contribution < 1.29 is 4.74 Å². The topological polar surface area (TPSA) is 48.1 Å². The Morgan fingerprint density at radius 1 is 1.31 bits per heavy atom. The Hall–Kier alpha value is -1.09. The number of aromatic nitrogens is 1. The summed E-state index contributed by atoms with van der Waals surface area (Å²) in [4.78, 5) is 4.16. The van der Waals surface area contributed by atoms with Gasteiger partial charge in [-0.1, -0.05) is 13.3 Å². The van der Waals surface area contributed by atoms with E-state index in [4.69, 9.17) is 10.5 Å². The first-order valence-corrected chi connectivity index (χ1v) is 6.08. The van der Waals surface area contributed by atoms with Crippen molar-refractivity contribution in [2.24, 2.45) is 5.73 Å². The molecule has 1 unspecified atom stereocenters. The van der Waals surface area contributed by atoms with E-state index in [1.165, 1.54) is 5.56 Å². The fourth-order valence-corrected chi connectivity index (χ4v) is 1.71. The Kier molecular flexibility index (Phi) is 5.86. The van der Waals surface area contributed by atoms with Crippen LogP contribution < -0.4 is 10.5 Å². The van der Waals surface area contributed by atoms with Crippen molar-refractivity contribution in [2.45, 2.75) is 45.6 Å². The smallest absolute Gasteiger partial charge is 0.137 e. The van der Waals surface area contributed by atoms with Crippen molar-refractivity contribution in [3.63, 3.8) is 0 Å². The number of nitrogens with zero attached hydrogens (tertiary/aromatic N) is 1. The van der Waals surface area contributed by atoms with Crippen molar-refractivity contribution in [1.82, 2.24) is 4.98 Å². The maximum Gasteiger partial charge on any atom is 0.137 e. The van der Waals surface area contributed by atoms with Crippen LogP contribution in [0.25, 0.3) is 0 Å². The number of aryl methyl sites for hydroxylation is 1. The van der Waals surface area contributed by atoms with Crippen LogP contribution in [0, 0.1) is 0 Å². The molecule has 1 atom stereocenters.